The zero-order chi connectivity index (χ0) is 18.8. The van der Waals surface area contributed by atoms with Gasteiger partial charge in [-0.25, -0.2) is 19.8 Å². The number of hydrogen-bond acceptors (Lipinski definition) is 6. The second-order valence-electron chi connectivity index (χ2n) is 4.50. The van der Waals surface area contributed by atoms with Gasteiger partial charge in [0.2, 0.25) is 0 Å². The molecule has 3 aromatic rings. The van der Waals surface area contributed by atoms with Gasteiger partial charge in [-0.15, -0.1) is 0 Å². The number of halogens is 1. The zero-order valence-electron chi connectivity index (χ0n) is 14.2. The van der Waals surface area contributed by atoms with Gasteiger partial charge < -0.3 is 4.42 Å². The molecular formula is C18H17FN4O2S. The van der Waals surface area contributed by atoms with Gasteiger partial charge in [0.05, 0.1) is 6.21 Å². The number of rotatable bonds is 5. The van der Waals surface area contributed by atoms with E-state index in [-0.39, 0.29) is 5.56 Å². The molecule has 0 aliphatic carbocycles. The van der Waals surface area contributed by atoms with Crippen LogP contribution < -0.4 is 5.43 Å². The van der Waals surface area contributed by atoms with Crippen LogP contribution in [0.3, 0.4) is 0 Å². The third-order valence-electron chi connectivity index (χ3n) is 2.78. The fraction of sp³-hybridized carbons (Fsp3) is 0.111. The fourth-order valence-electron chi connectivity index (χ4n) is 1.74. The molecule has 134 valence electrons. The molecule has 0 fully saturated rings. The monoisotopic (exact) mass is 372 g/mol. The SMILES string of the molecule is CC.O=C(N/N=C/c1ccc(Sc2ncccn2)o1)c1cccc(F)c1. The molecule has 0 spiro atoms. The average molecular weight is 372 g/mol. The number of furan rings is 1. The molecule has 8 heteroatoms. The summed E-state index contributed by atoms with van der Waals surface area (Å²) in [7, 11) is 0. The largest absolute Gasteiger partial charge is 0.448 e. The molecule has 0 aliphatic rings. The van der Waals surface area contributed by atoms with E-state index in [9.17, 15) is 9.18 Å². The van der Waals surface area contributed by atoms with E-state index in [0.29, 0.717) is 16.0 Å². The molecule has 1 N–H and O–H groups in total. The Labute approximate surface area is 154 Å². The summed E-state index contributed by atoms with van der Waals surface area (Å²) in [5, 5.41) is 4.95. The first kappa shape index (κ1) is 19.3. The topological polar surface area (TPSA) is 80.4 Å². The third-order valence-corrected chi connectivity index (χ3v) is 3.59. The molecular weight excluding hydrogens is 355 g/mol. The Morgan fingerprint density at radius 2 is 1.96 bits per heavy atom. The summed E-state index contributed by atoms with van der Waals surface area (Å²) in [6, 6.07) is 10.5. The van der Waals surface area contributed by atoms with Crippen molar-refractivity contribution < 1.29 is 13.6 Å². The Morgan fingerprint density at radius 1 is 1.19 bits per heavy atom. The molecule has 0 atom stereocenters. The van der Waals surface area contributed by atoms with Gasteiger partial charge in [-0.05, 0) is 48.2 Å². The Bertz CT molecular complexity index is 868. The van der Waals surface area contributed by atoms with Gasteiger partial charge in [0.1, 0.15) is 11.6 Å². The summed E-state index contributed by atoms with van der Waals surface area (Å²) < 4.78 is 18.6. The maximum atomic E-state index is 13.1. The number of hydrogen-bond donors (Lipinski definition) is 1. The van der Waals surface area contributed by atoms with Gasteiger partial charge in [-0.2, -0.15) is 5.10 Å². The van der Waals surface area contributed by atoms with Crippen LogP contribution in [0.1, 0.15) is 30.0 Å². The average Bonchev–Trinajstić information content (AvgIpc) is 3.11. The van der Waals surface area contributed by atoms with Crippen molar-refractivity contribution in [1.82, 2.24) is 15.4 Å². The van der Waals surface area contributed by atoms with Crippen molar-refractivity contribution in [3.8, 4) is 0 Å². The molecule has 0 unspecified atom stereocenters. The summed E-state index contributed by atoms with van der Waals surface area (Å²) in [5.41, 5.74) is 2.49. The third kappa shape index (κ3) is 5.82. The summed E-state index contributed by atoms with van der Waals surface area (Å²) in [6.07, 6.45) is 4.64. The van der Waals surface area contributed by atoms with Crippen LogP contribution >= 0.6 is 11.8 Å². The number of benzene rings is 1. The van der Waals surface area contributed by atoms with Crippen LogP contribution in [0.2, 0.25) is 0 Å². The maximum Gasteiger partial charge on any atom is 0.271 e. The van der Waals surface area contributed by atoms with Crippen molar-refractivity contribution in [1.29, 1.82) is 0 Å². The lowest BCUT2D eigenvalue weighted by atomic mass is 10.2. The molecule has 1 amide bonds. The van der Waals surface area contributed by atoms with E-state index >= 15 is 0 Å². The second-order valence-corrected chi connectivity index (χ2v) is 5.47. The standard InChI is InChI=1S/C16H11FN4O2S.C2H6/c17-12-4-1-3-11(9-12)15(22)21-20-10-13-5-6-14(23-13)24-16-18-7-2-8-19-16;1-2/h1-10H,(H,21,22);1-2H3/b20-10+;. The maximum absolute atomic E-state index is 13.1. The second kappa shape index (κ2) is 10.1. The van der Waals surface area contributed by atoms with Crippen LogP contribution in [0.4, 0.5) is 4.39 Å². The smallest absolute Gasteiger partial charge is 0.271 e. The molecule has 0 radical (unpaired) electrons. The Kier molecular flexibility index (Phi) is 7.50. The minimum Gasteiger partial charge on any atom is -0.448 e. The van der Waals surface area contributed by atoms with E-state index in [2.05, 4.69) is 20.5 Å². The number of hydrazone groups is 1. The molecule has 26 heavy (non-hydrogen) atoms. The van der Waals surface area contributed by atoms with Crippen molar-refractivity contribution in [3.05, 3.63) is 72.0 Å². The van der Waals surface area contributed by atoms with E-state index in [1.165, 1.54) is 36.2 Å². The van der Waals surface area contributed by atoms with Gasteiger partial charge in [0, 0.05) is 18.0 Å². The number of amides is 1. The summed E-state index contributed by atoms with van der Waals surface area (Å²) in [6.45, 7) is 4.00. The molecule has 0 saturated carbocycles. The zero-order valence-corrected chi connectivity index (χ0v) is 15.0. The molecule has 2 heterocycles. The molecule has 6 nitrogen and oxygen atoms in total. The Hall–Kier alpha value is -3.00. The quantitative estimate of drug-likeness (QED) is 0.413. The molecule has 2 aromatic heterocycles. The first-order valence-corrected chi connectivity index (χ1v) is 8.66. The van der Waals surface area contributed by atoms with E-state index in [4.69, 9.17) is 4.42 Å². The lowest BCUT2D eigenvalue weighted by Gasteiger charge is -1.99. The molecule has 0 saturated heterocycles. The van der Waals surface area contributed by atoms with Crippen molar-refractivity contribution in [3.63, 3.8) is 0 Å². The summed E-state index contributed by atoms with van der Waals surface area (Å²) in [5.74, 6) is -0.542. The molecule has 3 rings (SSSR count). The number of carbonyl (C=O) groups excluding carboxylic acids is 1. The number of nitrogens with one attached hydrogen (secondary N) is 1. The first-order chi connectivity index (χ1) is 12.7. The van der Waals surface area contributed by atoms with Crippen molar-refractivity contribution in [2.75, 3.05) is 0 Å². The predicted octanol–water partition coefficient (Wildman–Crippen LogP) is 4.15. The van der Waals surface area contributed by atoms with Crippen LogP contribution in [0.5, 0.6) is 0 Å². The lowest BCUT2D eigenvalue weighted by Crippen LogP contribution is -2.17. The van der Waals surface area contributed by atoms with Gasteiger partial charge in [-0.1, -0.05) is 19.9 Å². The lowest BCUT2D eigenvalue weighted by molar-refractivity contribution is 0.0954. The highest BCUT2D eigenvalue weighted by molar-refractivity contribution is 7.99. The van der Waals surface area contributed by atoms with Crippen LogP contribution in [0.15, 0.2) is 74.6 Å². The van der Waals surface area contributed by atoms with E-state index in [1.54, 1.807) is 30.6 Å². The highest BCUT2D eigenvalue weighted by atomic mass is 32.2. The summed E-state index contributed by atoms with van der Waals surface area (Å²) >= 11 is 1.27. The minimum atomic E-state index is -0.510. The van der Waals surface area contributed by atoms with Crippen molar-refractivity contribution in [2.45, 2.75) is 24.1 Å². The van der Waals surface area contributed by atoms with Gasteiger partial charge >= 0.3 is 0 Å². The van der Waals surface area contributed by atoms with Crippen LogP contribution in [0.25, 0.3) is 0 Å². The van der Waals surface area contributed by atoms with Crippen molar-refractivity contribution >= 4 is 23.9 Å². The van der Waals surface area contributed by atoms with Gasteiger partial charge in [-0.3, -0.25) is 4.79 Å². The highest BCUT2D eigenvalue weighted by Crippen LogP contribution is 2.25. The normalized spacial score (nSPS) is 10.3. The fourth-order valence-corrected chi connectivity index (χ4v) is 2.42. The van der Waals surface area contributed by atoms with Crippen molar-refractivity contribution in [2.24, 2.45) is 5.10 Å². The van der Waals surface area contributed by atoms with E-state index in [0.717, 1.165) is 6.07 Å². The molecule has 0 aliphatic heterocycles. The number of aromatic nitrogens is 2. The predicted molar refractivity (Wildman–Crippen MR) is 97.7 cm³/mol. The minimum absolute atomic E-state index is 0.184. The Balaban J connectivity index is 0.00000117. The molecule has 1 aromatic carbocycles. The number of carbonyl (C=O) groups is 1. The van der Waals surface area contributed by atoms with Gasteiger partial charge in [0.25, 0.3) is 5.91 Å². The van der Waals surface area contributed by atoms with E-state index in [1.807, 2.05) is 13.8 Å². The Morgan fingerprint density at radius 3 is 2.69 bits per heavy atom. The van der Waals surface area contributed by atoms with Crippen LogP contribution in [0, 0.1) is 5.82 Å². The van der Waals surface area contributed by atoms with E-state index < -0.39 is 11.7 Å². The number of nitrogens with zero attached hydrogens (tertiary/aromatic N) is 3. The van der Waals surface area contributed by atoms with Crippen LogP contribution in [-0.4, -0.2) is 22.1 Å². The highest BCUT2D eigenvalue weighted by Gasteiger charge is 2.06. The first-order valence-electron chi connectivity index (χ1n) is 7.84. The van der Waals surface area contributed by atoms with Crippen LogP contribution in [-0.2, 0) is 0 Å². The summed E-state index contributed by atoms with van der Waals surface area (Å²) in [4.78, 5) is 20.0. The van der Waals surface area contributed by atoms with Gasteiger partial charge in [0.15, 0.2) is 10.2 Å². The molecule has 0 bridgehead atoms.